The van der Waals surface area contributed by atoms with Gasteiger partial charge in [0.1, 0.15) is 0 Å². The molecular formula is C9H15NO2S2. The molecule has 0 aromatic carbocycles. The highest BCUT2D eigenvalue weighted by atomic mass is 32.2. The first kappa shape index (κ1) is 13.6. The summed E-state index contributed by atoms with van der Waals surface area (Å²) in [6.45, 7) is 4.00. The molecule has 0 aliphatic carbocycles. The third-order valence-electron chi connectivity index (χ3n) is 1.28. The van der Waals surface area contributed by atoms with Gasteiger partial charge in [0, 0.05) is 6.08 Å². The van der Waals surface area contributed by atoms with E-state index in [-0.39, 0.29) is 11.8 Å². The second-order valence-electron chi connectivity index (χ2n) is 2.25. The summed E-state index contributed by atoms with van der Waals surface area (Å²) >= 11 is 5.44. The van der Waals surface area contributed by atoms with Gasteiger partial charge in [0.2, 0.25) is 0 Å². The standard InChI is InChI=1S/C7H9NO2S2.C2H6/c9-6-4-5(7(10)8-6)12-3-1-2-11;1-2/h4,11H,1-3H2,(H,8,9,10);1-2H3. The van der Waals surface area contributed by atoms with Crippen molar-refractivity contribution in [3.05, 3.63) is 11.0 Å². The molecule has 1 aliphatic rings. The number of carbonyl (C=O) groups is 2. The summed E-state index contributed by atoms with van der Waals surface area (Å²) in [6, 6.07) is 0. The van der Waals surface area contributed by atoms with Gasteiger partial charge < -0.3 is 0 Å². The van der Waals surface area contributed by atoms with Gasteiger partial charge in [-0.2, -0.15) is 12.6 Å². The lowest BCUT2D eigenvalue weighted by Crippen LogP contribution is -2.21. The summed E-state index contributed by atoms with van der Waals surface area (Å²) in [4.78, 5) is 22.1. The molecule has 3 nitrogen and oxygen atoms in total. The zero-order valence-corrected chi connectivity index (χ0v) is 10.1. The topological polar surface area (TPSA) is 46.2 Å². The van der Waals surface area contributed by atoms with Crippen LogP contribution >= 0.6 is 24.4 Å². The molecule has 0 spiro atoms. The number of thiol groups is 1. The Morgan fingerprint density at radius 2 is 2.07 bits per heavy atom. The van der Waals surface area contributed by atoms with Crippen LogP contribution in [-0.2, 0) is 9.59 Å². The quantitative estimate of drug-likeness (QED) is 0.440. The molecule has 5 heteroatoms. The molecule has 1 N–H and O–H groups in total. The van der Waals surface area contributed by atoms with Crippen molar-refractivity contribution in [2.45, 2.75) is 20.3 Å². The lowest BCUT2D eigenvalue weighted by Gasteiger charge is -1.96. The minimum atomic E-state index is -0.312. The van der Waals surface area contributed by atoms with Crippen molar-refractivity contribution in [2.24, 2.45) is 0 Å². The average Bonchev–Trinajstić information content (AvgIpc) is 2.49. The summed E-state index contributed by atoms with van der Waals surface area (Å²) < 4.78 is 0. The van der Waals surface area contributed by atoms with E-state index < -0.39 is 0 Å². The molecule has 0 fully saturated rings. The highest BCUT2D eigenvalue weighted by molar-refractivity contribution is 8.04. The molecule has 1 rings (SSSR count). The van der Waals surface area contributed by atoms with Gasteiger partial charge in [0.25, 0.3) is 11.8 Å². The monoisotopic (exact) mass is 233 g/mol. The first-order chi connectivity index (χ1) is 6.74. The van der Waals surface area contributed by atoms with Crippen LogP contribution in [0.15, 0.2) is 11.0 Å². The second-order valence-corrected chi connectivity index (χ2v) is 3.84. The Labute approximate surface area is 94.1 Å². The summed E-state index contributed by atoms with van der Waals surface area (Å²) in [7, 11) is 0. The average molecular weight is 233 g/mol. The van der Waals surface area contributed by atoms with Crippen LogP contribution in [0.5, 0.6) is 0 Å². The van der Waals surface area contributed by atoms with Crippen LogP contribution in [0.1, 0.15) is 20.3 Å². The van der Waals surface area contributed by atoms with Crippen molar-refractivity contribution in [1.29, 1.82) is 0 Å². The Balaban J connectivity index is 0.000000791. The molecule has 80 valence electrons. The molecular weight excluding hydrogens is 218 g/mol. The van der Waals surface area contributed by atoms with E-state index in [0.29, 0.717) is 4.91 Å². The van der Waals surface area contributed by atoms with Gasteiger partial charge in [0.15, 0.2) is 0 Å². The molecule has 2 amide bonds. The second kappa shape index (κ2) is 7.94. The molecule has 0 aromatic heterocycles. The van der Waals surface area contributed by atoms with Crippen molar-refractivity contribution in [2.75, 3.05) is 11.5 Å². The predicted molar refractivity (Wildman–Crippen MR) is 63.5 cm³/mol. The third-order valence-corrected chi connectivity index (χ3v) is 2.71. The SMILES string of the molecule is CC.O=C1C=C(SCCCS)C(=O)N1. The van der Waals surface area contributed by atoms with E-state index in [0.717, 1.165) is 17.9 Å². The predicted octanol–water partition coefficient (Wildman–Crippen LogP) is 1.61. The first-order valence-corrected chi connectivity index (χ1v) is 6.16. The molecule has 14 heavy (non-hydrogen) atoms. The zero-order valence-electron chi connectivity index (χ0n) is 8.37. The van der Waals surface area contributed by atoms with Gasteiger partial charge in [0.05, 0.1) is 4.91 Å². The minimum Gasteiger partial charge on any atom is -0.288 e. The molecule has 1 aliphatic heterocycles. The molecule has 0 bridgehead atoms. The lowest BCUT2D eigenvalue weighted by molar-refractivity contribution is -0.123. The number of hydrogen-bond donors (Lipinski definition) is 2. The van der Waals surface area contributed by atoms with Crippen LogP contribution in [0.4, 0.5) is 0 Å². The highest BCUT2D eigenvalue weighted by Crippen LogP contribution is 2.19. The molecule has 1 heterocycles. The van der Waals surface area contributed by atoms with Crippen molar-refractivity contribution in [3.63, 3.8) is 0 Å². The number of carbonyl (C=O) groups excluding carboxylic acids is 2. The fourth-order valence-electron chi connectivity index (χ4n) is 0.748. The van der Waals surface area contributed by atoms with Crippen LogP contribution in [0.25, 0.3) is 0 Å². The van der Waals surface area contributed by atoms with Crippen molar-refractivity contribution in [1.82, 2.24) is 5.32 Å². The number of hydrogen-bond acceptors (Lipinski definition) is 4. The van der Waals surface area contributed by atoms with Crippen LogP contribution < -0.4 is 5.32 Å². The van der Waals surface area contributed by atoms with E-state index >= 15 is 0 Å². The van der Waals surface area contributed by atoms with E-state index in [9.17, 15) is 9.59 Å². The van der Waals surface area contributed by atoms with E-state index in [1.807, 2.05) is 13.8 Å². The van der Waals surface area contributed by atoms with E-state index in [1.54, 1.807) is 0 Å². The fourth-order valence-corrected chi connectivity index (χ4v) is 2.00. The van der Waals surface area contributed by atoms with E-state index in [4.69, 9.17) is 0 Å². The Hall–Kier alpha value is -0.420. The van der Waals surface area contributed by atoms with Crippen LogP contribution in [0, 0.1) is 0 Å². The van der Waals surface area contributed by atoms with Gasteiger partial charge in [-0.05, 0) is 17.9 Å². The van der Waals surface area contributed by atoms with Gasteiger partial charge in [-0.1, -0.05) is 13.8 Å². The summed E-state index contributed by atoms with van der Waals surface area (Å²) in [5, 5.41) is 2.18. The van der Waals surface area contributed by atoms with Gasteiger partial charge >= 0.3 is 0 Å². The molecule has 0 saturated heterocycles. The summed E-state index contributed by atoms with van der Waals surface area (Å²) in [5.41, 5.74) is 0. The van der Waals surface area contributed by atoms with Gasteiger partial charge in [-0.15, -0.1) is 11.8 Å². The lowest BCUT2D eigenvalue weighted by atomic mass is 10.5. The fraction of sp³-hybridized carbons (Fsp3) is 0.556. The van der Waals surface area contributed by atoms with Crippen molar-refractivity contribution < 1.29 is 9.59 Å². The van der Waals surface area contributed by atoms with Gasteiger partial charge in [-0.3, -0.25) is 14.9 Å². The molecule has 0 radical (unpaired) electrons. The Kier molecular flexibility index (Phi) is 7.70. The maximum atomic E-state index is 10.9. The Bertz CT molecular complexity index is 239. The highest BCUT2D eigenvalue weighted by Gasteiger charge is 2.20. The molecule has 0 saturated carbocycles. The van der Waals surface area contributed by atoms with Crippen molar-refractivity contribution in [3.8, 4) is 0 Å². The number of amides is 2. The maximum Gasteiger partial charge on any atom is 0.264 e. The summed E-state index contributed by atoms with van der Waals surface area (Å²) in [5.74, 6) is 1.05. The number of rotatable bonds is 4. The molecule has 0 aromatic rings. The number of nitrogens with one attached hydrogen (secondary N) is 1. The zero-order chi connectivity index (χ0) is 11.0. The van der Waals surface area contributed by atoms with Crippen LogP contribution in [0.2, 0.25) is 0 Å². The molecule has 0 unspecified atom stereocenters. The number of imide groups is 1. The number of thioether (sulfide) groups is 1. The Morgan fingerprint density at radius 3 is 2.50 bits per heavy atom. The van der Waals surface area contributed by atoms with E-state index in [2.05, 4.69) is 17.9 Å². The maximum absolute atomic E-state index is 10.9. The van der Waals surface area contributed by atoms with E-state index in [1.165, 1.54) is 17.8 Å². The van der Waals surface area contributed by atoms with Crippen LogP contribution in [0.3, 0.4) is 0 Å². The van der Waals surface area contributed by atoms with Crippen molar-refractivity contribution >= 4 is 36.2 Å². The minimum absolute atomic E-state index is 0.274. The largest absolute Gasteiger partial charge is 0.288 e. The third kappa shape index (κ3) is 4.72. The first-order valence-electron chi connectivity index (χ1n) is 4.54. The summed E-state index contributed by atoms with van der Waals surface area (Å²) in [6.07, 6.45) is 2.28. The van der Waals surface area contributed by atoms with Gasteiger partial charge in [-0.25, -0.2) is 0 Å². The molecule has 0 atom stereocenters. The van der Waals surface area contributed by atoms with Crippen LogP contribution in [-0.4, -0.2) is 23.3 Å². The smallest absolute Gasteiger partial charge is 0.264 e. The Morgan fingerprint density at radius 1 is 1.43 bits per heavy atom. The normalized spacial score (nSPS) is 14.4.